The van der Waals surface area contributed by atoms with Crippen molar-refractivity contribution in [1.29, 1.82) is 0 Å². The number of carbonyl (C=O) groups excluding carboxylic acids is 1. The average Bonchev–Trinajstić information content (AvgIpc) is 2.67. The van der Waals surface area contributed by atoms with E-state index in [1.165, 1.54) is 5.69 Å². The Morgan fingerprint density at radius 3 is 2.10 bits per heavy atom. The van der Waals surface area contributed by atoms with E-state index in [1.54, 1.807) is 20.8 Å². The van der Waals surface area contributed by atoms with Gasteiger partial charge in [-0.15, -0.1) is 0 Å². The van der Waals surface area contributed by atoms with E-state index in [1.807, 2.05) is 17.0 Å². The topological polar surface area (TPSA) is 66.9 Å². The molecule has 2 aliphatic heterocycles. The van der Waals surface area contributed by atoms with Gasteiger partial charge in [0.15, 0.2) is 9.84 Å². The molecule has 0 bridgehead atoms. The zero-order chi connectivity index (χ0) is 22.8. The van der Waals surface area contributed by atoms with Crippen molar-refractivity contribution < 1.29 is 17.9 Å². The van der Waals surface area contributed by atoms with Gasteiger partial charge in [-0.25, -0.2) is 8.42 Å². The van der Waals surface area contributed by atoms with Crippen molar-refractivity contribution in [2.45, 2.75) is 70.8 Å². The molecule has 1 aromatic carbocycles. The highest BCUT2D eigenvalue weighted by Gasteiger charge is 2.33. The molecule has 0 unspecified atom stereocenters. The number of ether oxygens (including phenoxy) is 1. The molecule has 2 aliphatic rings. The normalized spacial score (nSPS) is 23.8. The summed E-state index contributed by atoms with van der Waals surface area (Å²) in [5.41, 5.74) is 2.18. The summed E-state index contributed by atoms with van der Waals surface area (Å²) in [7, 11) is -3.12. The number of piperidine rings is 1. The number of sulfone groups is 1. The maximum Gasteiger partial charge on any atom is 0.226 e. The van der Waals surface area contributed by atoms with E-state index in [0.29, 0.717) is 19.5 Å². The molecular weight excluding hydrogens is 412 g/mol. The summed E-state index contributed by atoms with van der Waals surface area (Å²) in [4.78, 5) is 17.0. The van der Waals surface area contributed by atoms with E-state index in [4.69, 9.17) is 4.74 Å². The lowest BCUT2D eigenvalue weighted by atomic mass is 9.98. The van der Waals surface area contributed by atoms with E-state index in [-0.39, 0.29) is 29.8 Å². The molecule has 0 saturated carbocycles. The van der Waals surface area contributed by atoms with Gasteiger partial charge >= 0.3 is 0 Å². The summed E-state index contributed by atoms with van der Waals surface area (Å²) in [6, 6.07) is 8.27. The molecule has 31 heavy (non-hydrogen) atoms. The molecule has 2 saturated heterocycles. The van der Waals surface area contributed by atoms with Crippen LogP contribution in [0.3, 0.4) is 0 Å². The summed E-state index contributed by atoms with van der Waals surface area (Å²) in [6.07, 6.45) is 2.33. The largest absolute Gasteiger partial charge is 0.372 e. The van der Waals surface area contributed by atoms with Crippen molar-refractivity contribution in [2.24, 2.45) is 5.92 Å². The Balaban J connectivity index is 1.50. The van der Waals surface area contributed by atoms with E-state index in [2.05, 4.69) is 30.9 Å². The van der Waals surface area contributed by atoms with Gasteiger partial charge in [-0.05, 0) is 71.1 Å². The predicted octanol–water partition coefficient (Wildman–Crippen LogP) is 3.29. The minimum Gasteiger partial charge on any atom is -0.372 e. The minimum absolute atomic E-state index is 0.124. The fourth-order valence-electron chi connectivity index (χ4n) is 4.41. The van der Waals surface area contributed by atoms with Crippen molar-refractivity contribution in [3.05, 3.63) is 29.8 Å². The number of amides is 1. The summed E-state index contributed by atoms with van der Waals surface area (Å²) in [5.74, 6) is 0.489. The van der Waals surface area contributed by atoms with Crippen LogP contribution in [0.5, 0.6) is 0 Å². The van der Waals surface area contributed by atoms with Crippen LogP contribution in [0.25, 0.3) is 0 Å². The van der Waals surface area contributed by atoms with E-state index in [9.17, 15) is 13.2 Å². The fourth-order valence-corrected chi connectivity index (χ4v) is 5.86. The number of morpholine rings is 1. The average molecular weight is 451 g/mol. The van der Waals surface area contributed by atoms with E-state index in [0.717, 1.165) is 31.5 Å². The molecule has 1 aromatic rings. The number of benzene rings is 1. The summed E-state index contributed by atoms with van der Waals surface area (Å²) < 4.78 is 30.0. The van der Waals surface area contributed by atoms with Crippen LogP contribution in [0.15, 0.2) is 24.3 Å². The second-order valence-electron chi connectivity index (χ2n) is 10.2. The standard InChI is InChI=1S/C24H38N2O4S/c1-18-15-26(16-19(2)30-18)22-8-6-20(7-9-22)14-23(27)25-12-10-21(11-13-25)17-31(28,29)24(3,4)5/h6-9,18-19,21H,10-17H2,1-5H3/t18-,19-/m1/s1. The number of anilines is 1. The van der Waals surface area contributed by atoms with Crippen molar-refractivity contribution in [3.63, 3.8) is 0 Å². The number of hydrogen-bond acceptors (Lipinski definition) is 5. The lowest BCUT2D eigenvalue weighted by Gasteiger charge is -2.37. The third kappa shape index (κ3) is 6.22. The molecule has 0 N–H and O–H groups in total. The molecule has 2 heterocycles. The van der Waals surface area contributed by atoms with Gasteiger partial charge in [-0.2, -0.15) is 0 Å². The first-order valence-corrected chi connectivity index (χ1v) is 13.1. The van der Waals surface area contributed by atoms with Crippen LogP contribution in [-0.4, -0.2) is 68.1 Å². The van der Waals surface area contributed by atoms with Gasteiger partial charge in [0.05, 0.1) is 29.1 Å². The second kappa shape index (κ2) is 9.49. The molecule has 0 aliphatic carbocycles. The van der Waals surface area contributed by atoms with Crippen LogP contribution in [0.2, 0.25) is 0 Å². The predicted molar refractivity (Wildman–Crippen MR) is 125 cm³/mol. The molecule has 7 heteroatoms. The number of likely N-dealkylation sites (tertiary alicyclic amines) is 1. The Labute approximate surface area is 187 Å². The van der Waals surface area contributed by atoms with Gasteiger partial charge in [0.25, 0.3) is 0 Å². The van der Waals surface area contributed by atoms with Gasteiger partial charge in [-0.3, -0.25) is 4.79 Å². The number of hydrogen-bond donors (Lipinski definition) is 0. The van der Waals surface area contributed by atoms with E-state index < -0.39 is 14.6 Å². The lowest BCUT2D eigenvalue weighted by molar-refractivity contribution is -0.131. The number of carbonyl (C=O) groups is 1. The molecular formula is C24H38N2O4S. The molecule has 1 amide bonds. The maximum atomic E-state index is 12.8. The zero-order valence-corrected chi connectivity index (χ0v) is 20.5. The molecule has 0 radical (unpaired) electrons. The van der Waals surface area contributed by atoms with Crippen molar-refractivity contribution in [2.75, 3.05) is 36.8 Å². The smallest absolute Gasteiger partial charge is 0.226 e. The molecule has 0 spiro atoms. The van der Waals surface area contributed by atoms with Crippen molar-refractivity contribution in [1.82, 2.24) is 4.90 Å². The highest BCUT2D eigenvalue weighted by molar-refractivity contribution is 7.92. The van der Waals surface area contributed by atoms with Gasteiger partial charge in [0.2, 0.25) is 5.91 Å². The van der Waals surface area contributed by atoms with Crippen molar-refractivity contribution in [3.8, 4) is 0 Å². The van der Waals surface area contributed by atoms with Gasteiger partial charge in [-0.1, -0.05) is 12.1 Å². The lowest BCUT2D eigenvalue weighted by Crippen LogP contribution is -2.45. The van der Waals surface area contributed by atoms with Gasteiger partial charge in [0, 0.05) is 31.9 Å². The fraction of sp³-hybridized carbons (Fsp3) is 0.708. The first kappa shape index (κ1) is 24.1. The van der Waals surface area contributed by atoms with Crippen LogP contribution in [-0.2, 0) is 25.8 Å². The minimum atomic E-state index is -3.12. The quantitative estimate of drug-likeness (QED) is 0.689. The Morgan fingerprint density at radius 1 is 1.03 bits per heavy atom. The van der Waals surface area contributed by atoms with Crippen LogP contribution >= 0.6 is 0 Å². The third-order valence-electron chi connectivity index (χ3n) is 6.43. The molecule has 3 rings (SSSR count). The second-order valence-corrected chi connectivity index (χ2v) is 13.0. The summed E-state index contributed by atoms with van der Waals surface area (Å²) in [6.45, 7) is 12.5. The Morgan fingerprint density at radius 2 is 1.58 bits per heavy atom. The SMILES string of the molecule is C[C@@H]1CN(c2ccc(CC(=O)N3CCC(CS(=O)(=O)C(C)(C)C)CC3)cc2)C[C@@H](C)O1. The highest BCUT2D eigenvalue weighted by atomic mass is 32.2. The maximum absolute atomic E-state index is 12.8. The number of nitrogens with zero attached hydrogens (tertiary/aromatic N) is 2. The van der Waals surface area contributed by atoms with E-state index >= 15 is 0 Å². The van der Waals surface area contributed by atoms with Crippen LogP contribution < -0.4 is 4.90 Å². The Hall–Kier alpha value is -1.60. The van der Waals surface area contributed by atoms with Crippen molar-refractivity contribution >= 4 is 21.4 Å². The first-order chi connectivity index (χ1) is 14.4. The van der Waals surface area contributed by atoms with Crippen LogP contribution in [0, 0.1) is 5.92 Å². The molecule has 174 valence electrons. The summed E-state index contributed by atoms with van der Waals surface area (Å²) in [5, 5.41) is 0. The van der Waals surface area contributed by atoms with Crippen LogP contribution in [0.4, 0.5) is 5.69 Å². The van der Waals surface area contributed by atoms with Crippen LogP contribution in [0.1, 0.15) is 53.0 Å². The molecule has 2 fully saturated rings. The zero-order valence-electron chi connectivity index (χ0n) is 19.6. The van der Waals surface area contributed by atoms with Gasteiger partial charge < -0.3 is 14.5 Å². The number of rotatable bonds is 5. The molecule has 6 nitrogen and oxygen atoms in total. The summed E-state index contributed by atoms with van der Waals surface area (Å²) >= 11 is 0. The monoisotopic (exact) mass is 450 g/mol. The molecule has 2 atom stereocenters. The first-order valence-electron chi connectivity index (χ1n) is 11.4. The molecule has 0 aromatic heterocycles. The highest BCUT2D eigenvalue weighted by Crippen LogP contribution is 2.26. The third-order valence-corrected chi connectivity index (χ3v) is 9.21. The Kier molecular flexibility index (Phi) is 7.36. The Bertz CT molecular complexity index is 843. The van der Waals surface area contributed by atoms with Gasteiger partial charge in [0.1, 0.15) is 0 Å².